The molecular weight excluding hydrogens is 326 g/mol. The predicted octanol–water partition coefficient (Wildman–Crippen LogP) is 1.62. The summed E-state index contributed by atoms with van der Waals surface area (Å²) in [5.41, 5.74) is 0.935. The van der Waals surface area contributed by atoms with Crippen molar-refractivity contribution in [3.63, 3.8) is 0 Å². The van der Waals surface area contributed by atoms with Gasteiger partial charge >= 0.3 is 12.0 Å². The zero-order valence-corrected chi connectivity index (χ0v) is 14.4. The summed E-state index contributed by atoms with van der Waals surface area (Å²) in [6, 6.07) is 3.90. The van der Waals surface area contributed by atoms with Crippen molar-refractivity contribution < 1.29 is 23.9 Å². The van der Waals surface area contributed by atoms with Crippen LogP contribution in [0, 0.1) is 5.92 Å². The summed E-state index contributed by atoms with van der Waals surface area (Å²) in [7, 11) is 0. The third-order valence-corrected chi connectivity index (χ3v) is 3.47. The van der Waals surface area contributed by atoms with Gasteiger partial charge in [0.05, 0.1) is 17.7 Å². The lowest BCUT2D eigenvalue weighted by atomic mass is 10.1. The number of hydrogen-bond acceptors (Lipinski definition) is 5. The van der Waals surface area contributed by atoms with E-state index >= 15 is 0 Å². The van der Waals surface area contributed by atoms with Crippen LogP contribution in [0.3, 0.4) is 0 Å². The van der Waals surface area contributed by atoms with Gasteiger partial charge in [0, 0.05) is 12.2 Å². The van der Waals surface area contributed by atoms with Gasteiger partial charge in [-0.05, 0) is 31.0 Å². The van der Waals surface area contributed by atoms with Crippen LogP contribution in [0.4, 0.5) is 10.5 Å². The maximum absolute atomic E-state index is 12.4. The Labute approximate surface area is 145 Å². The van der Waals surface area contributed by atoms with Gasteiger partial charge in [-0.15, -0.1) is 0 Å². The van der Waals surface area contributed by atoms with E-state index in [1.807, 2.05) is 13.8 Å². The second-order valence-corrected chi connectivity index (χ2v) is 5.99. The largest absolute Gasteiger partial charge is 0.465 e. The summed E-state index contributed by atoms with van der Waals surface area (Å²) in [6.07, 6.45) is 0. The Balaban J connectivity index is 2.04. The Morgan fingerprint density at radius 1 is 1.16 bits per heavy atom. The zero-order valence-electron chi connectivity index (χ0n) is 14.4. The van der Waals surface area contributed by atoms with Crippen molar-refractivity contribution in [3.8, 4) is 0 Å². The molecule has 0 unspecified atom stereocenters. The van der Waals surface area contributed by atoms with E-state index in [-0.39, 0.29) is 36.4 Å². The molecule has 4 amide bonds. The highest BCUT2D eigenvalue weighted by Gasteiger charge is 2.35. The van der Waals surface area contributed by atoms with Crippen LogP contribution in [0.2, 0.25) is 0 Å². The molecule has 2 N–H and O–H groups in total. The van der Waals surface area contributed by atoms with Crippen molar-refractivity contribution in [2.45, 2.75) is 20.8 Å². The van der Waals surface area contributed by atoms with Gasteiger partial charge in [-0.3, -0.25) is 19.3 Å². The molecular formula is C17H21N3O5. The number of nitrogens with one attached hydrogen (secondary N) is 2. The number of amides is 4. The number of ether oxygens (including phenoxy) is 1. The third-order valence-electron chi connectivity index (χ3n) is 3.47. The first kappa shape index (κ1) is 18.4. The summed E-state index contributed by atoms with van der Waals surface area (Å²) in [4.78, 5) is 48.8. The summed E-state index contributed by atoms with van der Waals surface area (Å²) in [6.45, 7) is 5.83. The van der Waals surface area contributed by atoms with E-state index in [0.717, 1.165) is 0 Å². The van der Waals surface area contributed by atoms with Gasteiger partial charge in [0.2, 0.25) is 0 Å². The highest BCUT2D eigenvalue weighted by molar-refractivity contribution is 6.21. The Morgan fingerprint density at radius 3 is 2.48 bits per heavy atom. The van der Waals surface area contributed by atoms with Gasteiger partial charge in [0.15, 0.2) is 0 Å². The minimum atomic E-state index is -0.608. The van der Waals surface area contributed by atoms with E-state index in [9.17, 15) is 19.2 Å². The molecule has 1 aliphatic heterocycles. The Hall–Kier alpha value is -2.90. The molecule has 0 spiro atoms. The van der Waals surface area contributed by atoms with Crippen LogP contribution < -0.4 is 10.6 Å². The second-order valence-electron chi connectivity index (χ2n) is 5.99. The molecule has 2 rings (SSSR count). The fraction of sp³-hybridized carbons (Fsp3) is 0.412. The molecule has 0 saturated heterocycles. The van der Waals surface area contributed by atoms with Crippen molar-refractivity contribution in [1.82, 2.24) is 10.2 Å². The molecule has 1 aromatic carbocycles. The van der Waals surface area contributed by atoms with Gasteiger partial charge in [-0.2, -0.15) is 0 Å². The lowest BCUT2D eigenvalue weighted by molar-refractivity contribution is -0.141. The summed E-state index contributed by atoms with van der Waals surface area (Å²) in [5.74, 6) is -1.08. The number of urea groups is 1. The van der Waals surface area contributed by atoms with Crippen molar-refractivity contribution >= 4 is 29.5 Å². The second kappa shape index (κ2) is 7.78. The van der Waals surface area contributed by atoms with Crippen LogP contribution in [0.25, 0.3) is 0 Å². The van der Waals surface area contributed by atoms with Gasteiger partial charge in [0.25, 0.3) is 11.8 Å². The number of hydrogen-bond donors (Lipinski definition) is 2. The minimum Gasteiger partial charge on any atom is -0.465 e. The maximum Gasteiger partial charge on any atom is 0.325 e. The average molecular weight is 347 g/mol. The third kappa shape index (κ3) is 4.34. The first-order chi connectivity index (χ1) is 11.8. The van der Waals surface area contributed by atoms with Crippen LogP contribution >= 0.6 is 0 Å². The van der Waals surface area contributed by atoms with E-state index in [1.165, 1.54) is 23.1 Å². The molecule has 8 nitrogen and oxygen atoms in total. The van der Waals surface area contributed by atoms with E-state index in [2.05, 4.69) is 10.6 Å². The number of carbonyl (C=O) groups is 4. The Kier molecular flexibility index (Phi) is 5.74. The Morgan fingerprint density at radius 2 is 1.84 bits per heavy atom. The quantitative estimate of drug-likeness (QED) is 0.601. The molecule has 1 aromatic rings. The van der Waals surface area contributed by atoms with Crippen LogP contribution in [-0.4, -0.2) is 48.4 Å². The predicted molar refractivity (Wildman–Crippen MR) is 90.3 cm³/mol. The number of imide groups is 1. The molecule has 134 valence electrons. The van der Waals surface area contributed by atoms with Gasteiger partial charge in [-0.1, -0.05) is 13.8 Å². The molecule has 1 aliphatic rings. The first-order valence-corrected chi connectivity index (χ1v) is 8.04. The normalized spacial score (nSPS) is 13.0. The molecule has 0 aliphatic carbocycles. The molecule has 0 saturated carbocycles. The minimum absolute atomic E-state index is 0.161. The molecule has 0 fully saturated rings. The lowest BCUT2D eigenvalue weighted by Gasteiger charge is -2.15. The van der Waals surface area contributed by atoms with Crippen LogP contribution in [0.5, 0.6) is 0 Å². The zero-order chi connectivity index (χ0) is 18.6. The van der Waals surface area contributed by atoms with Crippen molar-refractivity contribution in [2.24, 2.45) is 5.92 Å². The van der Waals surface area contributed by atoms with Crippen LogP contribution in [0.15, 0.2) is 18.2 Å². The fourth-order valence-electron chi connectivity index (χ4n) is 2.44. The first-order valence-electron chi connectivity index (χ1n) is 8.04. The Bertz CT molecular complexity index is 714. The van der Waals surface area contributed by atoms with Crippen molar-refractivity contribution in [3.05, 3.63) is 29.3 Å². The van der Waals surface area contributed by atoms with E-state index in [0.29, 0.717) is 17.8 Å². The average Bonchev–Trinajstić information content (AvgIpc) is 2.78. The molecule has 0 bridgehead atoms. The van der Waals surface area contributed by atoms with Gasteiger partial charge < -0.3 is 15.4 Å². The molecule has 0 atom stereocenters. The number of esters is 1. The number of anilines is 1. The number of rotatable bonds is 6. The fourth-order valence-corrected chi connectivity index (χ4v) is 2.44. The van der Waals surface area contributed by atoms with E-state index in [1.54, 1.807) is 6.92 Å². The van der Waals surface area contributed by atoms with Gasteiger partial charge in [-0.25, -0.2) is 4.79 Å². The number of nitrogens with zero attached hydrogens (tertiary/aromatic N) is 1. The molecule has 8 heteroatoms. The summed E-state index contributed by atoms with van der Waals surface area (Å²) < 4.78 is 4.70. The summed E-state index contributed by atoms with van der Waals surface area (Å²) >= 11 is 0. The summed E-state index contributed by atoms with van der Waals surface area (Å²) in [5, 5.41) is 4.87. The van der Waals surface area contributed by atoms with Crippen LogP contribution in [0.1, 0.15) is 41.5 Å². The highest BCUT2D eigenvalue weighted by atomic mass is 16.5. The molecule has 25 heavy (non-hydrogen) atoms. The standard InChI is InChI=1S/C17H21N3O5/c1-4-25-14(21)8-18-17(24)19-11-5-6-12-13(7-11)16(23)20(15(12)22)9-10(2)3/h5-7,10H,4,8-9H2,1-3H3,(H2,18,19,24). The molecule has 0 aromatic heterocycles. The monoisotopic (exact) mass is 347 g/mol. The van der Waals surface area contributed by atoms with E-state index in [4.69, 9.17) is 4.74 Å². The maximum atomic E-state index is 12.4. The van der Waals surface area contributed by atoms with Crippen molar-refractivity contribution in [2.75, 3.05) is 25.0 Å². The SMILES string of the molecule is CCOC(=O)CNC(=O)Nc1ccc2c(c1)C(=O)N(CC(C)C)C2=O. The number of carbonyl (C=O) groups excluding carboxylic acids is 4. The van der Waals surface area contributed by atoms with Gasteiger partial charge in [0.1, 0.15) is 6.54 Å². The number of fused-ring (bicyclic) bond motifs is 1. The molecule has 0 radical (unpaired) electrons. The topological polar surface area (TPSA) is 105 Å². The number of benzene rings is 1. The van der Waals surface area contributed by atoms with E-state index < -0.39 is 12.0 Å². The molecule has 1 heterocycles. The van der Waals surface area contributed by atoms with Crippen molar-refractivity contribution in [1.29, 1.82) is 0 Å². The van der Waals surface area contributed by atoms with Crippen LogP contribution in [-0.2, 0) is 9.53 Å². The highest BCUT2D eigenvalue weighted by Crippen LogP contribution is 2.26. The lowest BCUT2D eigenvalue weighted by Crippen LogP contribution is -2.34. The smallest absolute Gasteiger partial charge is 0.325 e.